The van der Waals surface area contributed by atoms with Crippen LogP contribution in [0.3, 0.4) is 0 Å². The number of carbonyl (C=O) groups excluding carboxylic acids is 5. The van der Waals surface area contributed by atoms with Gasteiger partial charge in [-0.15, -0.1) is 12.6 Å². The van der Waals surface area contributed by atoms with Crippen LogP contribution >= 0.6 is 71.2 Å². The Bertz CT molecular complexity index is 1340. The molecular formula is C28H34N4O8S6. The van der Waals surface area contributed by atoms with Crippen molar-refractivity contribution in [3.63, 3.8) is 0 Å². The number of esters is 2. The molecule has 0 radical (unpaired) electrons. The van der Waals surface area contributed by atoms with E-state index in [-0.39, 0.29) is 29.9 Å². The molecule has 2 rings (SSSR count). The van der Waals surface area contributed by atoms with E-state index in [1.165, 1.54) is 41.4 Å². The number of aliphatic hydroxyl groups is 1. The lowest BCUT2D eigenvalue weighted by Gasteiger charge is -2.18. The first-order valence-electron chi connectivity index (χ1n) is 13.4. The topological polar surface area (TPSA) is 172 Å². The third-order valence-corrected chi connectivity index (χ3v) is 10.0. The summed E-state index contributed by atoms with van der Waals surface area (Å²) in [6, 6.07) is 10.4. The molecule has 0 aliphatic rings. The molecule has 0 saturated heterocycles. The first-order chi connectivity index (χ1) is 22.1. The van der Waals surface area contributed by atoms with Gasteiger partial charge in [0.2, 0.25) is 5.12 Å². The maximum absolute atomic E-state index is 12.9. The third kappa shape index (κ3) is 13.1. The van der Waals surface area contributed by atoms with Crippen LogP contribution in [0.4, 0.5) is 0 Å². The average molecular weight is 747 g/mol. The Hall–Kier alpha value is -2.29. The highest BCUT2D eigenvalue weighted by Crippen LogP contribution is 2.22. The smallest absolute Gasteiger partial charge is 0.329 e. The summed E-state index contributed by atoms with van der Waals surface area (Å²) in [4.78, 5) is 61.7. The molecule has 46 heavy (non-hydrogen) atoms. The highest BCUT2D eigenvalue weighted by molar-refractivity contribution is 8.76. The zero-order chi connectivity index (χ0) is 34.1. The van der Waals surface area contributed by atoms with Crippen LogP contribution in [0.5, 0.6) is 0 Å². The van der Waals surface area contributed by atoms with Gasteiger partial charge in [-0.25, -0.2) is 14.3 Å². The molecule has 5 N–H and O–H groups in total. The van der Waals surface area contributed by atoms with Crippen molar-refractivity contribution in [3.8, 4) is 11.1 Å². The molecule has 2 amide bonds. The molecule has 0 fully saturated rings. The van der Waals surface area contributed by atoms with E-state index in [1.54, 1.807) is 48.5 Å². The van der Waals surface area contributed by atoms with Gasteiger partial charge in [0.05, 0.1) is 32.9 Å². The molecule has 0 bridgehead atoms. The number of methoxy groups -OCH3 is 2. The summed E-state index contributed by atoms with van der Waals surface area (Å²) in [5, 5.41) is 15.5. The Morgan fingerprint density at radius 1 is 0.826 bits per heavy atom. The van der Waals surface area contributed by atoms with Crippen LogP contribution in [0.1, 0.15) is 20.7 Å². The van der Waals surface area contributed by atoms with E-state index in [0.717, 1.165) is 23.1 Å². The van der Waals surface area contributed by atoms with Crippen LogP contribution in [-0.2, 0) is 23.9 Å². The van der Waals surface area contributed by atoms with Gasteiger partial charge in [-0.1, -0.05) is 59.2 Å². The van der Waals surface area contributed by atoms with Crippen LogP contribution < -0.4 is 20.1 Å². The third-order valence-electron chi connectivity index (χ3n) is 6.02. The zero-order valence-electron chi connectivity index (χ0n) is 24.7. The van der Waals surface area contributed by atoms with Crippen molar-refractivity contribution in [3.05, 3.63) is 59.7 Å². The van der Waals surface area contributed by atoms with Crippen LogP contribution in [-0.4, -0.2) is 102 Å². The molecule has 0 aromatic heterocycles. The molecular weight excluding hydrogens is 713 g/mol. The van der Waals surface area contributed by atoms with Crippen molar-refractivity contribution in [2.45, 2.75) is 24.2 Å². The SMILES string of the molecule is COC(=O)C(CSN[C@@H](CS)C(=O)S)NC(=O)c1ccc(-c2ccc(C(=O)NC(CSSN[C@@H](C=S)CO)C(=O)OC)cc2)cc1. The lowest BCUT2D eigenvalue weighted by molar-refractivity contribution is -0.143. The van der Waals surface area contributed by atoms with E-state index in [1.807, 2.05) is 0 Å². The number of nitrogens with one attached hydrogen (secondary N) is 4. The van der Waals surface area contributed by atoms with E-state index < -0.39 is 47.0 Å². The molecule has 0 saturated carbocycles. The molecule has 250 valence electrons. The van der Waals surface area contributed by atoms with E-state index >= 15 is 0 Å². The monoisotopic (exact) mass is 746 g/mol. The first-order valence-corrected chi connectivity index (χ1v) is 18.2. The lowest BCUT2D eigenvalue weighted by atomic mass is 10.0. The first kappa shape index (κ1) is 39.9. The van der Waals surface area contributed by atoms with E-state index in [2.05, 4.69) is 45.3 Å². The Labute approximate surface area is 295 Å². The molecule has 4 atom stereocenters. The highest BCUT2D eigenvalue weighted by Gasteiger charge is 2.24. The summed E-state index contributed by atoms with van der Waals surface area (Å²) in [6.45, 7) is -0.167. The molecule has 0 spiro atoms. The van der Waals surface area contributed by atoms with Crippen LogP contribution in [0, 0.1) is 0 Å². The summed E-state index contributed by atoms with van der Waals surface area (Å²) in [6.07, 6.45) is 0. The van der Waals surface area contributed by atoms with Crippen molar-refractivity contribution in [1.29, 1.82) is 0 Å². The summed E-state index contributed by atoms with van der Waals surface area (Å²) in [5.41, 5.74) is 2.18. The lowest BCUT2D eigenvalue weighted by Crippen LogP contribution is -2.44. The van der Waals surface area contributed by atoms with Crippen LogP contribution in [0.25, 0.3) is 11.1 Å². The van der Waals surface area contributed by atoms with Gasteiger partial charge in [-0.3, -0.25) is 19.1 Å². The predicted molar refractivity (Wildman–Crippen MR) is 193 cm³/mol. The molecule has 2 aromatic rings. The van der Waals surface area contributed by atoms with Crippen LogP contribution in [0.15, 0.2) is 48.5 Å². The number of rotatable bonds is 20. The number of hydrogen-bond acceptors (Lipinski definition) is 15. The number of thiocarbonyl (C=S) groups is 1. The fourth-order valence-corrected chi connectivity index (χ4v) is 7.26. The normalized spacial score (nSPS) is 13.4. The highest BCUT2D eigenvalue weighted by atomic mass is 33.1. The number of carbonyl (C=O) groups is 5. The van der Waals surface area contributed by atoms with Gasteiger partial charge in [0.15, 0.2) is 0 Å². The maximum Gasteiger partial charge on any atom is 0.329 e. The van der Waals surface area contributed by atoms with Crippen molar-refractivity contribution < 1.29 is 38.6 Å². The van der Waals surface area contributed by atoms with Gasteiger partial charge < -0.3 is 25.2 Å². The fraction of sp³-hybridized carbons (Fsp3) is 0.357. The number of aliphatic hydroxyl groups excluding tert-OH is 1. The predicted octanol–water partition coefficient (Wildman–Crippen LogP) is 2.14. The molecule has 0 heterocycles. The van der Waals surface area contributed by atoms with Gasteiger partial charge in [-0.2, -0.15) is 12.6 Å². The summed E-state index contributed by atoms with van der Waals surface area (Å²) < 4.78 is 15.4. The average Bonchev–Trinajstić information content (AvgIpc) is 3.08. The number of benzene rings is 2. The number of thiol groups is 2. The van der Waals surface area contributed by atoms with E-state index in [0.29, 0.717) is 11.1 Å². The molecule has 2 unspecified atom stereocenters. The molecule has 0 aliphatic carbocycles. The van der Waals surface area contributed by atoms with Gasteiger partial charge >= 0.3 is 11.9 Å². The fourth-order valence-electron chi connectivity index (χ4n) is 3.44. The number of ether oxygens (including phenoxy) is 2. The second-order valence-electron chi connectivity index (χ2n) is 9.17. The summed E-state index contributed by atoms with van der Waals surface area (Å²) in [5.74, 6) is -1.70. The van der Waals surface area contributed by atoms with Crippen molar-refractivity contribution >= 4 is 105 Å². The molecule has 2 aromatic carbocycles. The Morgan fingerprint density at radius 2 is 1.30 bits per heavy atom. The van der Waals surface area contributed by atoms with Gasteiger partial charge in [0.25, 0.3) is 11.8 Å². The second-order valence-corrected chi connectivity index (χ2v) is 13.3. The number of amides is 2. The minimum absolute atomic E-state index is 0.0938. The Balaban J connectivity index is 2.00. The summed E-state index contributed by atoms with van der Waals surface area (Å²) in [7, 11) is 4.89. The standard InChI is InChI=1S/C28H34N4O8S6/c1-39-26(36)22(14-44-32-21(13-42)28(38)43)29-24(34)18-7-3-16(4-8-18)17-5-9-19(10-6-17)25(35)30-23(27(37)40-2)15-45-46-31-20(11-33)12-41/h3-10,12,20-23,31-33,42H,11,13-15H2,1-2H3,(H,29,34)(H,30,35)(H,38,43)/t20-,21+,22?,23?/m1/s1. The van der Waals surface area contributed by atoms with Crippen LogP contribution in [0.2, 0.25) is 0 Å². The Kier molecular flexibility index (Phi) is 18.7. The summed E-state index contributed by atoms with van der Waals surface area (Å²) >= 11 is 13.7. The molecule has 12 nitrogen and oxygen atoms in total. The van der Waals surface area contributed by atoms with Gasteiger partial charge in [-0.05, 0) is 51.7 Å². The number of hydrogen-bond donors (Lipinski definition) is 7. The van der Waals surface area contributed by atoms with Gasteiger partial charge in [0.1, 0.15) is 12.1 Å². The molecule has 0 aliphatic heterocycles. The van der Waals surface area contributed by atoms with Crippen molar-refractivity contribution in [1.82, 2.24) is 20.1 Å². The zero-order valence-corrected chi connectivity index (χ0v) is 29.7. The minimum atomic E-state index is -0.981. The largest absolute Gasteiger partial charge is 0.467 e. The van der Waals surface area contributed by atoms with Crippen molar-refractivity contribution in [2.75, 3.05) is 38.1 Å². The Morgan fingerprint density at radius 3 is 1.70 bits per heavy atom. The van der Waals surface area contributed by atoms with Crippen molar-refractivity contribution in [2.24, 2.45) is 0 Å². The van der Waals surface area contributed by atoms with Gasteiger partial charge in [0, 0.05) is 28.4 Å². The second kappa shape index (κ2) is 21.6. The maximum atomic E-state index is 12.9. The van der Waals surface area contributed by atoms with E-state index in [9.17, 15) is 29.1 Å². The van der Waals surface area contributed by atoms with E-state index in [4.69, 9.17) is 21.7 Å². The quantitative estimate of drug-likeness (QED) is 0.0263. The minimum Gasteiger partial charge on any atom is -0.467 e. The molecule has 18 heteroatoms.